The van der Waals surface area contributed by atoms with Crippen LogP contribution in [0, 0.1) is 5.92 Å². The number of carbonyl (C=O) groups is 1. The standard InChI is InChI=1S/C22H25BrN2O2S/c23-20-9-5-4-8-19(20)21(26)25-22(28)24-17-10-12-18(13-11-17)27-15-14-16-6-2-1-3-7-16/h4-5,8-13,16H,1-3,6-7,14-15H2,(H2,24,25,26,28). The van der Waals surface area contributed by atoms with Gasteiger partial charge in [-0.3, -0.25) is 10.1 Å². The predicted molar refractivity (Wildman–Crippen MR) is 121 cm³/mol. The number of halogens is 1. The summed E-state index contributed by atoms with van der Waals surface area (Å²) in [5, 5.41) is 5.97. The van der Waals surface area contributed by atoms with Crippen molar-refractivity contribution in [1.82, 2.24) is 5.32 Å². The Bertz CT molecular complexity index is 804. The summed E-state index contributed by atoms with van der Waals surface area (Å²) < 4.78 is 6.60. The molecule has 2 N–H and O–H groups in total. The Balaban J connectivity index is 1.43. The van der Waals surface area contributed by atoms with Crippen LogP contribution in [0.2, 0.25) is 0 Å². The van der Waals surface area contributed by atoms with E-state index in [9.17, 15) is 4.79 Å². The predicted octanol–water partition coefficient (Wildman–Crippen LogP) is 5.93. The molecule has 0 aromatic heterocycles. The largest absolute Gasteiger partial charge is 0.494 e. The topological polar surface area (TPSA) is 50.4 Å². The summed E-state index contributed by atoms with van der Waals surface area (Å²) >= 11 is 8.61. The average Bonchev–Trinajstić information content (AvgIpc) is 2.70. The highest BCUT2D eigenvalue weighted by Crippen LogP contribution is 2.26. The molecule has 2 aromatic carbocycles. The van der Waals surface area contributed by atoms with Gasteiger partial charge in [0, 0.05) is 10.2 Å². The van der Waals surface area contributed by atoms with Crippen molar-refractivity contribution in [2.75, 3.05) is 11.9 Å². The Morgan fingerprint density at radius 3 is 2.50 bits per heavy atom. The van der Waals surface area contributed by atoms with E-state index in [1.165, 1.54) is 32.1 Å². The molecule has 148 valence electrons. The van der Waals surface area contributed by atoms with Crippen LogP contribution in [0.5, 0.6) is 5.75 Å². The highest BCUT2D eigenvalue weighted by Gasteiger charge is 2.13. The summed E-state index contributed by atoms with van der Waals surface area (Å²) in [5.41, 5.74) is 1.34. The van der Waals surface area contributed by atoms with Gasteiger partial charge in [0.05, 0.1) is 12.2 Å². The number of nitrogens with one attached hydrogen (secondary N) is 2. The Morgan fingerprint density at radius 2 is 1.79 bits per heavy atom. The van der Waals surface area contributed by atoms with Crippen molar-refractivity contribution in [3.63, 3.8) is 0 Å². The lowest BCUT2D eigenvalue weighted by atomic mass is 9.87. The molecule has 0 saturated heterocycles. The summed E-state index contributed by atoms with van der Waals surface area (Å²) in [6, 6.07) is 14.8. The van der Waals surface area contributed by atoms with Crippen LogP contribution in [-0.2, 0) is 0 Å². The van der Waals surface area contributed by atoms with E-state index >= 15 is 0 Å². The van der Waals surface area contributed by atoms with Crippen molar-refractivity contribution in [1.29, 1.82) is 0 Å². The number of amides is 1. The molecular weight excluding hydrogens is 436 g/mol. The van der Waals surface area contributed by atoms with Crippen LogP contribution in [-0.4, -0.2) is 17.6 Å². The number of rotatable bonds is 6. The molecule has 28 heavy (non-hydrogen) atoms. The molecule has 3 rings (SSSR count). The third-order valence-corrected chi connectivity index (χ3v) is 5.87. The number of hydrogen-bond donors (Lipinski definition) is 2. The second-order valence-electron chi connectivity index (χ2n) is 7.05. The van der Waals surface area contributed by atoms with E-state index in [1.807, 2.05) is 42.5 Å². The fraction of sp³-hybridized carbons (Fsp3) is 0.364. The fourth-order valence-electron chi connectivity index (χ4n) is 3.43. The zero-order chi connectivity index (χ0) is 19.8. The van der Waals surface area contributed by atoms with Gasteiger partial charge in [-0.1, -0.05) is 44.2 Å². The number of benzene rings is 2. The first kappa shape index (κ1) is 20.8. The summed E-state index contributed by atoms with van der Waals surface area (Å²) in [4.78, 5) is 12.3. The first-order valence-corrected chi connectivity index (χ1v) is 10.9. The van der Waals surface area contributed by atoms with Gasteiger partial charge in [0.1, 0.15) is 5.75 Å². The number of carbonyl (C=O) groups excluding carboxylic acids is 1. The highest BCUT2D eigenvalue weighted by molar-refractivity contribution is 9.10. The van der Waals surface area contributed by atoms with Gasteiger partial charge in [-0.2, -0.15) is 0 Å². The van der Waals surface area contributed by atoms with Crippen molar-refractivity contribution in [2.24, 2.45) is 5.92 Å². The van der Waals surface area contributed by atoms with E-state index in [0.717, 1.165) is 34.9 Å². The average molecular weight is 461 g/mol. The number of ether oxygens (including phenoxy) is 1. The van der Waals surface area contributed by atoms with E-state index in [-0.39, 0.29) is 11.0 Å². The van der Waals surface area contributed by atoms with Crippen LogP contribution >= 0.6 is 28.1 Å². The second-order valence-corrected chi connectivity index (χ2v) is 8.32. The minimum Gasteiger partial charge on any atom is -0.494 e. The number of thiocarbonyl (C=S) groups is 1. The molecule has 1 saturated carbocycles. The van der Waals surface area contributed by atoms with Gasteiger partial charge in [0.2, 0.25) is 0 Å². The molecule has 1 aliphatic carbocycles. The van der Waals surface area contributed by atoms with Gasteiger partial charge < -0.3 is 10.1 Å². The minimum absolute atomic E-state index is 0.256. The van der Waals surface area contributed by atoms with Crippen LogP contribution in [0.15, 0.2) is 53.0 Å². The Kier molecular flexibility index (Phi) is 7.86. The number of anilines is 1. The van der Waals surface area contributed by atoms with Gasteiger partial charge >= 0.3 is 0 Å². The lowest BCUT2D eigenvalue weighted by Gasteiger charge is -2.21. The molecule has 0 atom stereocenters. The van der Waals surface area contributed by atoms with Gasteiger partial charge in [0.15, 0.2) is 5.11 Å². The minimum atomic E-state index is -0.257. The molecule has 0 radical (unpaired) electrons. The smallest absolute Gasteiger partial charge is 0.258 e. The highest BCUT2D eigenvalue weighted by atomic mass is 79.9. The SMILES string of the molecule is O=C(NC(=S)Nc1ccc(OCCC2CCCCC2)cc1)c1ccccc1Br. The molecule has 1 fully saturated rings. The van der Waals surface area contributed by atoms with Crippen LogP contribution in [0.3, 0.4) is 0 Å². The third-order valence-electron chi connectivity index (χ3n) is 4.98. The molecular formula is C22H25BrN2O2S. The molecule has 0 heterocycles. The Labute approximate surface area is 180 Å². The van der Waals surface area contributed by atoms with E-state index in [2.05, 4.69) is 26.6 Å². The van der Waals surface area contributed by atoms with E-state index in [0.29, 0.717) is 5.56 Å². The number of hydrogen-bond acceptors (Lipinski definition) is 3. The van der Waals surface area contributed by atoms with E-state index in [1.54, 1.807) is 6.07 Å². The van der Waals surface area contributed by atoms with Crippen LogP contribution < -0.4 is 15.4 Å². The van der Waals surface area contributed by atoms with Crippen molar-refractivity contribution < 1.29 is 9.53 Å². The van der Waals surface area contributed by atoms with Crippen molar-refractivity contribution >= 4 is 44.9 Å². The third kappa shape index (κ3) is 6.31. The Morgan fingerprint density at radius 1 is 1.07 bits per heavy atom. The maximum absolute atomic E-state index is 12.3. The van der Waals surface area contributed by atoms with Gasteiger partial charge in [0.25, 0.3) is 5.91 Å². The molecule has 0 aliphatic heterocycles. The zero-order valence-electron chi connectivity index (χ0n) is 15.7. The van der Waals surface area contributed by atoms with Gasteiger partial charge in [-0.15, -0.1) is 0 Å². The summed E-state index contributed by atoms with van der Waals surface area (Å²) in [6.45, 7) is 0.762. The molecule has 0 unspecified atom stereocenters. The monoisotopic (exact) mass is 460 g/mol. The van der Waals surface area contributed by atoms with Crippen LogP contribution in [0.25, 0.3) is 0 Å². The van der Waals surface area contributed by atoms with E-state index in [4.69, 9.17) is 17.0 Å². The molecule has 6 heteroatoms. The van der Waals surface area contributed by atoms with Crippen LogP contribution in [0.1, 0.15) is 48.9 Å². The normalized spacial score (nSPS) is 14.3. The van der Waals surface area contributed by atoms with Crippen LogP contribution in [0.4, 0.5) is 5.69 Å². The summed E-state index contributed by atoms with van der Waals surface area (Å²) in [6.07, 6.45) is 7.93. The van der Waals surface area contributed by atoms with Gasteiger partial charge in [-0.05, 0) is 76.9 Å². The quantitative estimate of drug-likeness (QED) is 0.524. The first-order chi connectivity index (χ1) is 13.6. The maximum atomic E-state index is 12.3. The molecule has 4 nitrogen and oxygen atoms in total. The van der Waals surface area contributed by atoms with Crippen molar-refractivity contribution in [3.8, 4) is 5.75 Å². The molecule has 2 aromatic rings. The Hall–Kier alpha value is -1.92. The summed E-state index contributed by atoms with van der Waals surface area (Å²) in [5.74, 6) is 1.41. The first-order valence-electron chi connectivity index (χ1n) is 9.71. The fourth-order valence-corrected chi connectivity index (χ4v) is 4.11. The summed E-state index contributed by atoms with van der Waals surface area (Å²) in [7, 11) is 0. The van der Waals surface area contributed by atoms with E-state index < -0.39 is 0 Å². The zero-order valence-corrected chi connectivity index (χ0v) is 18.2. The molecule has 0 spiro atoms. The van der Waals surface area contributed by atoms with Crippen molar-refractivity contribution in [2.45, 2.75) is 38.5 Å². The lowest BCUT2D eigenvalue weighted by Crippen LogP contribution is -2.34. The second kappa shape index (κ2) is 10.6. The molecule has 1 amide bonds. The molecule has 0 bridgehead atoms. The van der Waals surface area contributed by atoms with Gasteiger partial charge in [-0.25, -0.2) is 0 Å². The lowest BCUT2D eigenvalue weighted by molar-refractivity contribution is 0.0977. The van der Waals surface area contributed by atoms with Crippen molar-refractivity contribution in [3.05, 3.63) is 58.6 Å². The maximum Gasteiger partial charge on any atom is 0.258 e. The molecule has 1 aliphatic rings.